The van der Waals surface area contributed by atoms with Crippen LogP contribution in [0.3, 0.4) is 0 Å². The molecular formula is C17H18BrN3. The van der Waals surface area contributed by atoms with Gasteiger partial charge in [0.1, 0.15) is 6.54 Å². The third-order valence-electron chi connectivity index (χ3n) is 3.49. The van der Waals surface area contributed by atoms with Crippen molar-refractivity contribution in [2.75, 3.05) is 0 Å². The molecule has 0 amide bonds. The zero-order valence-corrected chi connectivity index (χ0v) is 13.8. The summed E-state index contributed by atoms with van der Waals surface area (Å²) in [5.41, 5.74) is 3.74. The Bertz CT molecular complexity index is 720. The van der Waals surface area contributed by atoms with E-state index >= 15 is 0 Å². The molecular weight excluding hydrogens is 326 g/mol. The molecule has 0 saturated carbocycles. The first kappa shape index (κ1) is 15.4. The van der Waals surface area contributed by atoms with Crippen molar-refractivity contribution >= 4 is 0 Å². The van der Waals surface area contributed by atoms with Crippen molar-refractivity contribution in [1.29, 1.82) is 0 Å². The summed E-state index contributed by atoms with van der Waals surface area (Å²) in [7, 11) is 2.03. The van der Waals surface area contributed by atoms with Gasteiger partial charge in [-0.2, -0.15) is 0 Å². The molecule has 0 saturated heterocycles. The topological polar surface area (TPSA) is 21.7 Å². The van der Waals surface area contributed by atoms with Crippen molar-refractivity contribution in [3.63, 3.8) is 0 Å². The minimum absolute atomic E-state index is 0. The van der Waals surface area contributed by atoms with Gasteiger partial charge in [-0.05, 0) is 30.2 Å². The summed E-state index contributed by atoms with van der Waals surface area (Å²) < 4.78 is 4.05. The highest BCUT2D eigenvalue weighted by Gasteiger charge is 2.16. The second kappa shape index (κ2) is 6.68. The van der Waals surface area contributed by atoms with E-state index in [0.717, 1.165) is 17.9 Å². The zero-order valence-electron chi connectivity index (χ0n) is 12.2. The molecule has 0 aliphatic rings. The first-order chi connectivity index (χ1) is 9.74. The van der Waals surface area contributed by atoms with Crippen LogP contribution in [-0.4, -0.2) is 9.78 Å². The number of halogens is 1. The van der Waals surface area contributed by atoms with Gasteiger partial charge in [0.15, 0.2) is 0 Å². The van der Waals surface area contributed by atoms with Crippen LogP contribution < -0.4 is 21.5 Å². The molecule has 0 fully saturated rings. The maximum atomic E-state index is 4.70. The zero-order chi connectivity index (χ0) is 13.9. The molecule has 21 heavy (non-hydrogen) atoms. The summed E-state index contributed by atoms with van der Waals surface area (Å²) in [5.74, 6) is 0.985. The molecule has 0 bridgehead atoms. The number of nitrogens with zero attached hydrogens (tertiary/aromatic N) is 3. The van der Waals surface area contributed by atoms with Crippen LogP contribution in [0.2, 0.25) is 0 Å². The molecule has 3 aromatic rings. The van der Waals surface area contributed by atoms with E-state index in [1.807, 2.05) is 36.3 Å². The second-order valence-corrected chi connectivity index (χ2v) is 5.04. The van der Waals surface area contributed by atoms with E-state index in [0.29, 0.717) is 0 Å². The highest BCUT2D eigenvalue weighted by Crippen LogP contribution is 2.13. The van der Waals surface area contributed by atoms with Crippen LogP contribution in [0.1, 0.15) is 11.1 Å². The minimum Gasteiger partial charge on any atom is -1.00 e. The average Bonchev–Trinajstić information content (AvgIpc) is 2.83. The van der Waals surface area contributed by atoms with Crippen LogP contribution in [0.5, 0.6) is 0 Å². The monoisotopic (exact) mass is 343 g/mol. The number of hydrogen-bond donors (Lipinski definition) is 0. The molecule has 0 spiro atoms. The van der Waals surface area contributed by atoms with Crippen LogP contribution in [-0.2, 0) is 13.6 Å². The summed E-state index contributed by atoms with van der Waals surface area (Å²) in [6, 6.07) is 18.7. The standard InChI is InChI=1S/C17H18N3.BrH/c1-14-8-6-7-11-16(14)12-20-13-19(2)17(18-20)15-9-4-3-5-10-15;/h3-11,13H,12H2,1-2H3;1H/q+1;/p-1. The summed E-state index contributed by atoms with van der Waals surface area (Å²) in [6.45, 7) is 2.93. The highest BCUT2D eigenvalue weighted by atomic mass is 79.9. The Morgan fingerprint density at radius 2 is 1.67 bits per heavy atom. The SMILES string of the molecule is Cc1ccccc1Cn1c[n+](C)c(-c2ccccc2)n1.[Br-]. The molecule has 1 heterocycles. The Morgan fingerprint density at radius 3 is 2.38 bits per heavy atom. The van der Waals surface area contributed by atoms with E-state index < -0.39 is 0 Å². The molecule has 3 rings (SSSR count). The predicted molar refractivity (Wildman–Crippen MR) is 79.1 cm³/mol. The number of hydrogen-bond acceptors (Lipinski definition) is 1. The van der Waals surface area contributed by atoms with E-state index in [1.54, 1.807) is 0 Å². The molecule has 0 unspecified atom stereocenters. The number of aromatic nitrogens is 3. The van der Waals surface area contributed by atoms with E-state index in [1.165, 1.54) is 11.1 Å². The molecule has 1 aromatic heterocycles. The Hall–Kier alpha value is -1.94. The molecule has 4 heteroatoms. The van der Waals surface area contributed by atoms with Crippen LogP contribution in [0.25, 0.3) is 11.4 Å². The van der Waals surface area contributed by atoms with Crippen molar-refractivity contribution < 1.29 is 21.5 Å². The first-order valence-corrected chi connectivity index (χ1v) is 6.77. The van der Waals surface area contributed by atoms with Gasteiger partial charge >= 0.3 is 5.82 Å². The Labute approximate surface area is 135 Å². The van der Waals surface area contributed by atoms with E-state index in [2.05, 4.69) is 47.9 Å². The maximum absolute atomic E-state index is 4.70. The lowest BCUT2D eigenvalue weighted by Gasteiger charge is -2.00. The molecule has 0 atom stereocenters. The second-order valence-electron chi connectivity index (χ2n) is 5.04. The summed E-state index contributed by atoms with van der Waals surface area (Å²) in [4.78, 5) is 0. The lowest BCUT2D eigenvalue weighted by Crippen LogP contribution is -3.00. The van der Waals surface area contributed by atoms with Gasteiger partial charge in [-0.15, -0.1) is 4.68 Å². The Balaban J connectivity index is 0.00000161. The third-order valence-corrected chi connectivity index (χ3v) is 3.49. The molecule has 108 valence electrons. The fourth-order valence-electron chi connectivity index (χ4n) is 2.36. The quantitative estimate of drug-likeness (QED) is 0.600. The van der Waals surface area contributed by atoms with Crippen molar-refractivity contribution in [2.24, 2.45) is 7.05 Å². The van der Waals surface area contributed by atoms with Crippen LogP contribution in [0, 0.1) is 6.92 Å². The van der Waals surface area contributed by atoms with Gasteiger partial charge in [-0.1, -0.05) is 42.5 Å². The van der Waals surface area contributed by atoms with Gasteiger partial charge in [0.2, 0.25) is 6.33 Å². The number of benzene rings is 2. The minimum atomic E-state index is 0. The van der Waals surface area contributed by atoms with Crippen LogP contribution in [0.15, 0.2) is 60.9 Å². The lowest BCUT2D eigenvalue weighted by molar-refractivity contribution is -0.661. The molecule has 3 nitrogen and oxygen atoms in total. The number of rotatable bonds is 3. The normalized spacial score (nSPS) is 10.2. The summed E-state index contributed by atoms with van der Waals surface area (Å²) in [5, 5.41) is 4.70. The van der Waals surface area contributed by atoms with E-state index in [-0.39, 0.29) is 17.0 Å². The third kappa shape index (κ3) is 3.39. The van der Waals surface area contributed by atoms with Gasteiger partial charge in [0.05, 0.1) is 12.6 Å². The lowest BCUT2D eigenvalue weighted by atomic mass is 10.1. The first-order valence-electron chi connectivity index (χ1n) is 6.77. The van der Waals surface area contributed by atoms with Crippen molar-refractivity contribution in [3.8, 4) is 11.4 Å². The van der Waals surface area contributed by atoms with Crippen LogP contribution >= 0.6 is 0 Å². The molecule has 2 aromatic carbocycles. The van der Waals surface area contributed by atoms with Crippen molar-refractivity contribution in [1.82, 2.24) is 9.78 Å². The smallest absolute Gasteiger partial charge is 0.308 e. The van der Waals surface area contributed by atoms with Gasteiger partial charge in [0, 0.05) is 5.10 Å². The molecule has 0 aliphatic carbocycles. The highest BCUT2D eigenvalue weighted by molar-refractivity contribution is 5.50. The summed E-state index contributed by atoms with van der Waals surface area (Å²) >= 11 is 0. The van der Waals surface area contributed by atoms with E-state index in [9.17, 15) is 0 Å². The summed E-state index contributed by atoms with van der Waals surface area (Å²) in [6.07, 6.45) is 2.04. The van der Waals surface area contributed by atoms with Crippen molar-refractivity contribution in [2.45, 2.75) is 13.5 Å². The van der Waals surface area contributed by atoms with Gasteiger partial charge < -0.3 is 17.0 Å². The molecule has 0 N–H and O–H groups in total. The largest absolute Gasteiger partial charge is 1.00 e. The fourth-order valence-corrected chi connectivity index (χ4v) is 2.36. The van der Waals surface area contributed by atoms with E-state index in [4.69, 9.17) is 5.10 Å². The van der Waals surface area contributed by atoms with Gasteiger partial charge in [-0.25, -0.2) is 4.57 Å². The Morgan fingerprint density at radius 1 is 1.00 bits per heavy atom. The predicted octanol–water partition coefficient (Wildman–Crippen LogP) is -0.265. The molecule has 0 aliphatic heterocycles. The maximum Gasteiger partial charge on any atom is 0.308 e. The van der Waals surface area contributed by atoms with Crippen molar-refractivity contribution in [3.05, 3.63) is 72.1 Å². The number of aryl methyl sites for hydroxylation is 2. The van der Waals surface area contributed by atoms with Gasteiger partial charge in [-0.3, -0.25) is 0 Å². The fraction of sp³-hybridized carbons (Fsp3) is 0.176. The van der Waals surface area contributed by atoms with Gasteiger partial charge in [0.25, 0.3) is 0 Å². The Kier molecular flexibility index (Phi) is 4.91. The molecule has 0 radical (unpaired) electrons. The average molecular weight is 344 g/mol. The van der Waals surface area contributed by atoms with Crippen LogP contribution in [0.4, 0.5) is 0 Å².